The summed E-state index contributed by atoms with van der Waals surface area (Å²) in [5, 5.41) is 12.8. The lowest BCUT2D eigenvalue weighted by Crippen LogP contribution is -2.40. The molecule has 0 aromatic carbocycles. The summed E-state index contributed by atoms with van der Waals surface area (Å²) < 4.78 is 6.19. The highest BCUT2D eigenvalue weighted by Crippen LogP contribution is 2.06. The maximum absolute atomic E-state index is 12.0. The van der Waals surface area contributed by atoms with Crippen molar-refractivity contribution in [3.63, 3.8) is 0 Å². The molecule has 3 N–H and O–H groups in total. The molecular weight excluding hydrogens is 252 g/mol. The second kappa shape index (κ2) is 6.74. The predicted octanol–water partition coefficient (Wildman–Crippen LogP) is -0.667. The normalized spacial score (nSPS) is 10.4. The molecule has 0 spiro atoms. The first-order chi connectivity index (χ1) is 8.93. The second-order valence-corrected chi connectivity index (χ2v) is 4.07. The fraction of sp³-hybridized carbons (Fsp3) is 0.545. The van der Waals surface area contributed by atoms with Crippen LogP contribution in [0.15, 0.2) is 6.07 Å². The number of nitrogen functional groups attached to an aromatic ring is 1. The van der Waals surface area contributed by atoms with Crippen LogP contribution in [0.3, 0.4) is 0 Å². The van der Waals surface area contributed by atoms with Crippen molar-refractivity contribution in [2.24, 2.45) is 0 Å². The van der Waals surface area contributed by atoms with Crippen LogP contribution < -0.4 is 5.73 Å². The highest BCUT2D eigenvalue weighted by Gasteiger charge is 2.18. The van der Waals surface area contributed by atoms with Gasteiger partial charge in [0.25, 0.3) is 0 Å². The number of aliphatic carboxylic acids is 1. The van der Waals surface area contributed by atoms with Crippen LogP contribution in [0.1, 0.15) is 5.69 Å². The molecule has 8 heteroatoms. The number of hydrogen-bond donors (Lipinski definition) is 2. The molecule has 0 unspecified atom stereocenters. The Kier molecular flexibility index (Phi) is 5.31. The van der Waals surface area contributed by atoms with Gasteiger partial charge in [-0.15, -0.1) is 0 Å². The van der Waals surface area contributed by atoms with Crippen molar-refractivity contribution in [2.75, 3.05) is 32.5 Å². The molecule has 1 rings (SSSR count). The van der Waals surface area contributed by atoms with Gasteiger partial charge in [0.2, 0.25) is 5.91 Å². The van der Waals surface area contributed by atoms with Gasteiger partial charge >= 0.3 is 5.97 Å². The molecule has 0 aliphatic heterocycles. The largest absolute Gasteiger partial charge is 0.480 e. The van der Waals surface area contributed by atoms with Crippen molar-refractivity contribution in [3.05, 3.63) is 11.8 Å². The number of carbonyl (C=O) groups excluding carboxylic acids is 1. The molecule has 1 amide bonds. The first-order valence-electron chi connectivity index (χ1n) is 5.72. The van der Waals surface area contributed by atoms with Crippen molar-refractivity contribution < 1.29 is 19.4 Å². The van der Waals surface area contributed by atoms with Crippen LogP contribution in [0, 0.1) is 6.92 Å². The van der Waals surface area contributed by atoms with Crippen molar-refractivity contribution in [2.45, 2.75) is 13.5 Å². The van der Waals surface area contributed by atoms with Crippen molar-refractivity contribution in [1.29, 1.82) is 0 Å². The number of nitrogens with zero attached hydrogens (tertiary/aromatic N) is 3. The van der Waals surface area contributed by atoms with E-state index in [2.05, 4.69) is 5.10 Å². The van der Waals surface area contributed by atoms with Crippen LogP contribution in [0.4, 0.5) is 5.82 Å². The highest BCUT2D eigenvalue weighted by atomic mass is 16.5. The summed E-state index contributed by atoms with van der Waals surface area (Å²) in [6, 6.07) is 1.64. The molecule has 0 aliphatic carbocycles. The maximum Gasteiger partial charge on any atom is 0.323 e. The topological polar surface area (TPSA) is 111 Å². The van der Waals surface area contributed by atoms with E-state index in [9.17, 15) is 9.59 Å². The Hall–Kier alpha value is -2.09. The number of hydrogen-bond acceptors (Lipinski definition) is 5. The molecule has 1 heterocycles. The summed E-state index contributed by atoms with van der Waals surface area (Å²) in [6.07, 6.45) is 0. The van der Waals surface area contributed by atoms with Crippen LogP contribution in [-0.2, 0) is 20.9 Å². The van der Waals surface area contributed by atoms with Crippen LogP contribution in [0.5, 0.6) is 0 Å². The number of nitrogens with two attached hydrogens (primary N) is 1. The summed E-state index contributed by atoms with van der Waals surface area (Å²) >= 11 is 0. The number of aryl methyl sites for hydroxylation is 1. The number of ether oxygens (including phenoxy) is 1. The Balaban J connectivity index is 2.70. The number of amides is 1. The zero-order chi connectivity index (χ0) is 14.4. The summed E-state index contributed by atoms with van der Waals surface area (Å²) in [7, 11) is 1.48. The summed E-state index contributed by atoms with van der Waals surface area (Å²) in [6.45, 7) is 1.78. The zero-order valence-electron chi connectivity index (χ0n) is 11.0. The number of rotatable bonds is 7. The van der Waals surface area contributed by atoms with Crippen molar-refractivity contribution >= 4 is 17.7 Å². The Morgan fingerprint density at radius 3 is 2.74 bits per heavy atom. The molecule has 0 fully saturated rings. The predicted molar refractivity (Wildman–Crippen MR) is 67.5 cm³/mol. The van der Waals surface area contributed by atoms with Crippen molar-refractivity contribution in [3.8, 4) is 0 Å². The molecule has 106 valence electrons. The van der Waals surface area contributed by atoms with Crippen molar-refractivity contribution in [1.82, 2.24) is 14.7 Å². The lowest BCUT2D eigenvalue weighted by atomic mass is 10.4. The summed E-state index contributed by atoms with van der Waals surface area (Å²) in [5.74, 6) is -1.07. The number of carboxylic acid groups (broad SMARTS) is 1. The molecule has 8 nitrogen and oxygen atoms in total. The highest BCUT2D eigenvalue weighted by molar-refractivity contribution is 5.81. The quantitative estimate of drug-likeness (QED) is 0.680. The van der Waals surface area contributed by atoms with Gasteiger partial charge in [-0.3, -0.25) is 9.59 Å². The van der Waals surface area contributed by atoms with Gasteiger partial charge in [0, 0.05) is 19.7 Å². The fourth-order valence-corrected chi connectivity index (χ4v) is 1.58. The van der Waals surface area contributed by atoms with Gasteiger partial charge < -0.3 is 20.5 Å². The number of carbonyl (C=O) groups is 2. The van der Waals surface area contributed by atoms with Gasteiger partial charge in [-0.25, -0.2) is 4.68 Å². The molecule has 0 saturated heterocycles. The maximum atomic E-state index is 12.0. The number of aromatic nitrogens is 2. The molecule has 0 saturated carbocycles. The number of methoxy groups -OCH3 is 1. The van der Waals surface area contributed by atoms with Gasteiger partial charge in [0.05, 0.1) is 12.3 Å². The third kappa shape index (κ3) is 4.59. The smallest absolute Gasteiger partial charge is 0.323 e. The lowest BCUT2D eigenvalue weighted by Gasteiger charge is -2.20. The van der Waals surface area contributed by atoms with Crippen LogP contribution in [0.2, 0.25) is 0 Å². The number of carboxylic acids is 1. The molecule has 0 aliphatic rings. The van der Waals surface area contributed by atoms with E-state index in [1.807, 2.05) is 0 Å². The van der Waals surface area contributed by atoms with Gasteiger partial charge in [0.15, 0.2) is 0 Å². The molecule has 0 atom stereocenters. The molecular formula is C11H18N4O4. The van der Waals surface area contributed by atoms with E-state index in [0.29, 0.717) is 11.5 Å². The minimum atomic E-state index is -1.07. The van der Waals surface area contributed by atoms with Gasteiger partial charge in [-0.1, -0.05) is 0 Å². The van der Waals surface area contributed by atoms with Crippen LogP contribution in [-0.4, -0.2) is 58.5 Å². The fourth-order valence-electron chi connectivity index (χ4n) is 1.58. The molecule has 1 aromatic heterocycles. The van der Waals surface area contributed by atoms with E-state index in [0.717, 1.165) is 0 Å². The molecule has 0 bridgehead atoms. The zero-order valence-corrected chi connectivity index (χ0v) is 11.0. The van der Waals surface area contributed by atoms with Gasteiger partial charge in [-0.2, -0.15) is 5.10 Å². The molecule has 1 aromatic rings. The van der Waals surface area contributed by atoms with E-state index in [1.54, 1.807) is 13.0 Å². The third-order valence-corrected chi connectivity index (χ3v) is 2.46. The molecule has 0 radical (unpaired) electrons. The van der Waals surface area contributed by atoms with E-state index in [1.165, 1.54) is 16.7 Å². The Morgan fingerprint density at radius 2 is 2.26 bits per heavy atom. The Morgan fingerprint density at radius 1 is 1.58 bits per heavy atom. The molecule has 19 heavy (non-hydrogen) atoms. The van der Waals surface area contributed by atoms with E-state index in [4.69, 9.17) is 15.6 Å². The Labute approximate surface area is 110 Å². The second-order valence-electron chi connectivity index (χ2n) is 4.07. The van der Waals surface area contributed by atoms with E-state index in [-0.39, 0.29) is 32.1 Å². The Bertz CT molecular complexity index is 458. The van der Waals surface area contributed by atoms with E-state index >= 15 is 0 Å². The van der Waals surface area contributed by atoms with Crippen LogP contribution in [0.25, 0.3) is 0 Å². The monoisotopic (exact) mass is 270 g/mol. The SMILES string of the molecule is COCCN(CC(=O)O)C(=O)Cn1nc(C)cc1N. The van der Waals surface area contributed by atoms with Crippen LogP contribution >= 0.6 is 0 Å². The van der Waals surface area contributed by atoms with E-state index < -0.39 is 5.97 Å². The first-order valence-corrected chi connectivity index (χ1v) is 5.72. The first kappa shape index (κ1) is 15.0. The minimum absolute atomic E-state index is 0.0866. The summed E-state index contributed by atoms with van der Waals surface area (Å²) in [4.78, 5) is 23.9. The number of anilines is 1. The minimum Gasteiger partial charge on any atom is -0.480 e. The lowest BCUT2D eigenvalue weighted by molar-refractivity contribution is -0.145. The summed E-state index contributed by atoms with van der Waals surface area (Å²) in [5.41, 5.74) is 6.38. The standard InChI is InChI=1S/C11H18N4O4/c1-8-5-9(12)15(13-8)6-10(16)14(3-4-19-2)7-11(17)18/h5H,3-4,6-7,12H2,1-2H3,(H,17,18). The third-order valence-electron chi connectivity index (χ3n) is 2.46. The van der Waals surface area contributed by atoms with Gasteiger partial charge in [-0.05, 0) is 6.92 Å². The van der Waals surface area contributed by atoms with Gasteiger partial charge in [0.1, 0.15) is 18.9 Å². The average Bonchev–Trinajstić information content (AvgIpc) is 2.62. The average molecular weight is 270 g/mol.